The molecule has 2 aromatic carbocycles. The van der Waals surface area contributed by atoms with E-state index in [1.807, 2.05) is 18.2 Å². The van der Waals surface area contributed by atoms with Crippen molar-refractivity contribution in [1.82, 2.24) is 9.80 Å². The van der Waals surface area contributed by atoms with Crippen LogP contribution in [0.4, 0.5) is 4.79 Å². The molecule has 0 radical (unpaired) electrons. The lowest BCUT2D eigenvalue weighted by molar-refractivity contribution is 0.00308. The van der Waals surface area contributed by atoms with Gasteiger partial charge in [-0.25, -0.2) is 4.79 Å². The Kier molecular flexibility index (Phi) is 4.94. The maximum atomic E-state index is 12.7. The highest BCUT2D eigenvalue weighted by atomic mass is 16.6. The van der Waals surface area contributed by atoms with Gasteiger partial charge in [0.25, 0.3) is 5.91 Å². The van der Waals surface area contributed by atoms with Gasteiger partial charge in [-0.2, -0.15) is 0 Å². The van der Waals surface area contributed by atoms with Gasteiger partial charge in [0.05, 0.1) is 12.1 Å². The molecule has 6 heteroatoms. The van der Waals surface area contributed by atoms with Crippen LogP contribution in [0.1, 0.15) is 28.8 Å². The molecule has 4 rings (SSSR count). The average molecular weight is 380 g/mol. The summed E-state index contributed by atoms with van der Waals surface area (Å²) >= 11 is 0. The van der Waals surface area contributed by atoms with Crippen molar-refractivity contribution in [3.05, 3.63) is 65.7 Å². The summed E-state index contributed by atoms with van der Waals surface area (Å²) in [6, 6.07) is 16.7. The Hall–Kier alpha value is -3.02. The number of phenols is 1. The number of nitrogens with zero attached hydrogens (tertiary/aromatic N) is 2. The number of carbonyl (C=O) groups excluding carboxylic acids is 2. The molecule has 2 aliphatic heterocycles. The number of ether oxygens (including phenoxy) is 1. The number of likely N-dealkylation sites (tertiary alicyclic amines) is 1. The Morgan fingerprint density at radius 1 is 1.04 bits per heavy atom. The Balaban J connectivity index is 1.34. The smallest absolute Gasteiger partial charge is 0.410 e. The van der Waals surface area contributed by atoms with Crippen LogP contribution in [-0.2, 0) is 11.2 Å². The zero-order chi connectivity index (χ0) is 19.6. The van der Waals surface area contributed by atoms with Gasteiger partial charge in [-0.15, -0.1) is 0 Å². The monoisotopic (exact) mass is 380 g/mol. The van der Waals surface area contributed by atoms with Crippen molar-refractivity contribution in [3.8, 4) is 5.75 Å². The third-order valence-electron chi connectivity index (χ3n) is 5.65. The number of rotatable bonds is 4. The second-order valence-corrected chi connectivity index (χ2v) is 7.52. The van der Waals surface area contributed by atoms with Gasteiger partial charge in [0.2, 0.25) is 0 Å². The predicted octanol–water partition coefficient (Wildman–Crippen LogP) is 3.06. The molecule has 2 saturated heterocycles. The fourth-order valence-corrected chi connectivity index (χ4v) is 3.98. The van der Waals surface area contributed by atoms with Gasteiger partial charge in [0.1, 0.15) is 11.4 Å². The molecular formula is C22H24N2O4. The number of aromatic hydroxyl groups is 1. The molecule has 0 bridgehead atoms. The molecule has 1 spiro atoms. The number of carbonyl (C=O) groups is 2. The molecular weight excluding hydrogens is 356 g/mol. The van der Waals surface area contributed by atoms with E-state index in [-0.39, 0.29) is 17.7 Å². The first-order valence-corrected chi connectivity index (χ1v) is 9.65. The van der Waals surface area contributed by atoms with Crippen molar-refractivity contribution in [2.75, 3.05) is 26.2 Å². The maximum Gasteiger partial charge on any atom is 0.410 e. The predicted molar refractivity (Wildman–Crippen MR) is 104 cm³/mol. The van der Waals surface area contributed by atoms with Crippen molar-refractivity contribution in [2.24, 2.45) is 0 Å². The molecule has 6 nitrogen and oxygen atoms in total. The van der Waals surface area contributed by atoms with Gasteiger partial charge in [0.15, 0.2) is 0 Å². The minimum Gasteiger partial charge on any atom is -0.507 e. The molecule has 0 aromatic heterocycles. The maximum absolute atomic E-state index is 12.7. The summed E-state index contributed by atoms with van der Waals surface area (Å²) in [5, 5.41) is 9.92. The minimum absolute atomic E-state index is 0.00725. The summed E-state index contributed by atoms with van der Waals surface area (Å²) in [5.74, 6) is -0.189. The van der Waals surface area contributed by atoms with Crippen molar-refractivity contribution < 1.29 is 19.4 Å². The highest BCUT2D eigenvalue weighted by Gasteiger charge is 2.47. The molecule has 146 valence electrons. The first-order chi connectivity index (χ1) is 13.6. The zero-order valence-electron chi connectivity index (χ0n) is 15.7. The van der Waals surface area contributed by atoms with E-state index in [1.54, 1.807) is 28.0 Å². The standard InChI is InChI=1S/C22H24N2O4/c25-19-9-5-4-8-18(19)20(26)23-14-11-22(12-15-23)16-24(21(27)28-22)13-10-17-6-2-1-3-7-17/h1-9,25H,10-16H2. The van der Waals surface area contributed by atoms with E-state index < -0.39 is 5.60 Å². The first-order valence-electron chi connectivity index (χ1n) is 9.65. The first kappa shape index (κ1) is 18.3. The SMILES string of the molecule is O=C1OC2(CCN(C(=O)c3ccccc3O)CC2)CN1CCc1ccccc1. The summed E-state index contributed by atoms with van der Waals surface area (Å²) in [7, 11) is 0. The fraction of sp³-hybridized carbons (Fsp3) is 0.364. The Morgan fingerprint density at radius 2 is 1.71 bits per heavy atom. The van der Waals surface area contributed by atoms with E-state index in [4.69, 9.17) is 4.74 Å². The highest BCUT2D eigenvalue weighted by Crippen LogP contribution is 2.34. The van der Waals surface area contributed by atoms with Gasteiger partial charge in [-0.05, 0) is 24.1 Å². The lowest BCUT2D eigenvalue weighted by Gasteiger charge is -2.37. The molecule has 1 N–H and O–H groups in total. The zero-order valence-corrected chi connectivity index (χ0v) is 15.7. The second-order valence-electron chi connectivity index (χ2n) is 7.52. The Labute approximate surface area is 164 Å². The van der Waals surface area contributed by atoms with Crippen LogP contribution in [0.3, 0.4) is 0 Å². The van der Waals surface area contributed by atoms with Gasteiger partial charge in [-0.1, -0.05) is 42.5 Å². The number of hydrogen-bond donors (Lipinski definition) is 1. The van der Waals surface area contributed by atoms with Gasteiger partial charge in [0, 0.05) is 32.5 Å². The van der Waals surface area contributed by atoms with Crippen LogP contribution in [0, 0.1) is 0 Å². The summed E-state index contributed by atoms with van der Waals surface area (Å²) in [5.41, 5.74) is 0.995. The summed E-state index contributed by atoms with van der Waals surface area (Å²) < 4.78 is 5.75. The Bertz CT molecular complexity index is 860. The molecule has 28 heavy (non-hydrogen) atoms. The molecule has 2 aliphatic rings. The molecule has 2 fully saturated rings. The number of benzene rings is 2. The molecule has 2 aromatic rings. The molecule has 0 unspecified atom stereocenters. The second kappa shape index (κ2) is 7.54. The molecule has 0 aliphatic carbocycles. The van der Waals surface area contributed by atoms with Crippen LogP contribution < -0.4 is 0 Å². The van der Waals surface area contributed by atoms with E-state index in [1.165, 1.54) is 11.6 Å². The molecule has 2 heterocycles. The van der Waals surface area contributed by atoms with Crippen LogP contribution in [0.2, 0.25) is 0 Å². The fourth-order valence-electron chi connectivity index (χ4n) is 3.98. The lowest BCUT2D eigenvalue weighted by Crippen LogP contribution is -2.48. The number of para-hydroxylation sites is 1. The quantitative estimate of drug-likeness (QED) is 0.885. The lowest BCUT2D eigenvalue weighted by atomic mass is 9.91. The van der Waals surface area contributed by atoms with E-state index in [2.05, 4.69) is 12.1 Å². The van der Waals surface area contributed by atoms with Crippen LogP contribution in [0.5, 0.6) is 5.75 Å². The average Bonchev–Trinajstić information content (AvgIpc) is 3.02. The van der Waals surface area contributed by atoms with Crippen LogP contribution in [0.15, 0.2) is 54.6 Å². The van der Waals surface area contributed by atoms with Crippen molar-refractivity contribution >= 4 is 12.0 Å². The van der Waals surface area contributed by atoms with E-state index >= 15 is 0 Å². The van der Waals surface area contributed by atoms with Crippen LogP contribution in [0.25, 0.3) is 0 Å². The van der Waals surface area contributed by atoms with Gasteiger partial charge < -0.3 is 19.6 Å². The van der Waals surface area contributed by atoms with Crippen molar-refractivity contribution in [3.63, 3.8) is 0 Å². The Morgan fingerprint density at radius 3 is 2.43 bits per heavy atom. The highest BCUT2D eigenvalue weighted by molar-refractivity contribution is 5.96. The van der Waals surface area contributed by atoms with E-state index in [9.17, 15) is 14.7 Å². The summed E-state index contributed by atoms with van der Waals surface area (Å²) in [6.45, 7) is 2.21. The van der Waals surface area contributed by atoms with Crippen LogP contribution >= 0.6 is 0 Å². The number of phenolic OH excluding ortho intramolecular Hbond substituents is 1. The third kappa shape index (κ3) is 3.67. The van der Waals surface area contributed by atoms with E-state index in [0.717, 1.165) is 6.42 Å². The number of amides is 2. The summed E-state index contributed by atoms with van der Waals surface area (Å²) in [4.78, 5) is 28.5. The minimum atomic E-state index is -0.511. The third-order valence-corrected chi connectivity index (χ3v) is 5.65. The van der Waals surface area contributed by atoms with Gasteiger partial charge >= 0.3 is 6.09 Å². The number of hydrogen-bond acceptors (Lipinski definition) is 4. The summed E-state index contributed by atoms with van der Waals surface area (Å²) in [6.07, 6.45) is 1.75. The van der Waals surface area contributed by atoms with Crippen LogP contribution in [-0.4, -0.2) is 58.7 Å². The van der Waals surface area contributed by atoms with Crippen molar-refractivity contribution in [1.29, 1.82) is 0 Å². The molecule has 0 atom stereocenters. The number of piperidine rings is 1. The van der Waals surface area contributed by atoms with E-state index in [0.29, 0.717) is 44.6 Å². The normalized spacial score (nSPS) is 18.4. The van der Waals surface area contributed by atoms with Gasteiger partial charge in [-0.3, -0.25) is 4.79 Å². The van der Waals surface area contributed by atoms with Crippen molar-refractivity contribution in [2.45, 2.75) is 24.9 Å². The largest absolute Gasteiger partial charge is 0.507 e. The molecule has 0 saturated carbocycles. The molecule has 2 amide bonds. The topological polar surface area (TPSA) is 70.1 Å².